The quantitative estimate of drug-likeness (QED) is 0.506. The molecule has 0 amide bonds. The zero-order valence-corrected chi connectivity index (χ0v) is 8.52. The van der Waals surface area contributed by atoms with E-state index < -0.39 is 0 Å². The lowest BCUT2D eigenvalue weighted by molar-refractivity contribution is 0.370. The maximum atomic E-state index is 7.08. The third kappa shape index (κ3) is 2.32. The van der Waals surface area contributed by atoms with Gasteiger partial charge in [-0.2, -0.15) is 0 Å². The summed E-state index contributed by atoms with van der Waals surface area (Å²) in [5.41, 5.74) is 6.26. The molecule has 0 aromatic heterocycles. The molecule has 0 heterocycles. The third-order valence-electron chi connectivity index (χ3n) is 2.11. The SMILES string of the molecule is N=C/C(CN)=C(/Br)NC1CCC1. The summed E-state index contributed by atoms with van der Waals surface area (Å²) in [5.74, 6) is 0. The second kappa shape index (κ2) is 4.62. The summed E-state index contributed by atoms with van der Waals surface area (Å²) in [5, 5.41) is 10.4. The Hall–Kier alpha value is -0.350. The molecule has 0 aromatic carbocycles. The van der Waals surface area contributed by atoms with Crippen LogP contribution in [0.2, 0.25) is 0 Å². The maximum absolute atomic E-state index is 7.08. The van der Waals surface area contributed by atoms with Crippen LogP contribution in [0.25, 0.3) is 0 Å². The highest BCUT2D eigenvalue weighted by Crippen LogP contribution is 2.21. The maximum Gasteiger partial charge on any atom is 0.0842 e. The fourth-order valence-corrected chi connectivity index (χ4v) is 1.64. The van der Waals surface area contributed by atoms with Crippen LogP contribution in [0.4, 0.5) is 0 Å². The number of nitrogens with one attached hydrogen (secondary N) is 2. The van der Waals surface area contributed by atoms with E-state index in [1.54, 1.807) is 0 Å². The Kier molecular flexibility index (Phi) is 3.75. The molecule has 0 aliphatic heterocycles. The van der Waals surface area contributed by atoms with E-state index in [2.05, 4.69) is 21.2 Å². The van der Waals surface area contributed by atoms with E-state index in [1.165, 1.54) is 25.5 Å². The molecule has 0 aromatic rings. The van der Waals surface area contributed by atoms with Gasteiger partial charge in [-0.3, -0.25) is 0 Å². The van der Waals surface area contributed by atoms with Crippen LogP contribution < -0.4 is 11.1 Å². The van der Waals surface area contributed by atoms with Crippen LogP contribution in [0.5, 0.6) is 0 Å². The van der Waals surface area contributed by atoms with Crippen molar-refractivity contribution < 1.29 is 0 Å². The third-order valence-corrected chi connectivity index (χ3v) is 2.85. The normalized spacial score (nSPS) is 19.5. The van der Waals surface area contributed by atoms with Gasteiger partial charge in [-0.25, -0.2) is 0 Å². The number of hydrogen-bond acceptors (Lipinski definition) is 3. The molecular formula is C8H14BrN3. The lowest BCUT2D eigenvalue weighted by atomic mass is 9.93. The molecule has 1 fully saturated rings. The van der Waals surface area contributed by atoms with Gasteiger partial charge in [0.1, 0.15) is 0 Å². The fourth-order valence-electron chi connectivity index (χ4n) is 1.04. The second-order valence-electron chi connectivity index (χ2n) is 2.96. The summed E-state index contributed by atoms with van der Waals surface area (Å²) in [4.78, 5) is 0. The molecule has 68 valence electrons. The van der Waals surface area contributed by atoms with E-state index >= 15 is 0 Å². The van der Waals surface area contributed by atoms with E-state index in [0.29, 0.717) is 12.6 Å². The van der Waals surface area contributed by atoms with Crippen LogP contribution in [0.1, 0.15) is 19.3 Å². The van der Waals surface area contributed by atoms with Gasteiger partial charge in [0.05, 0.1) is 4.61 Å². The van der Waals surface area contributed by atoms with Crippen LogP contribution in [0, 0.1) is 5.41 Å². The molecule has 4 N–H and O–H groups in total. The predicted octanol–water partition coefficient (Wildman–Crippen LogP) is 1.34. The van der Waals surface area contributed by atoms with Gasteiger partial charge >= 0.3 is 0 Å². The monoisotopic (exact) mass is 231 g/mol. The van der Waals surface area contributed by atoms with Gasteiger partial charge in [0.25, 0.3) is 0 Å². The Morgan fingerprint density at radius 2 is 2.33 bits per heavy atom. The Labute approximate surface area is 81.0 Å². The molecule has 1 aliphatic carbocycles. The van der Waals surface area contributed by atoms with E-state index in [9.17, 15) is 0 Å². The van der Waals surface area contributed by atoms with Crippen molar-refractivity contribution in [1.82, 2.24) is 5.32 Å². The fraction of sp³-hybridized carbons (Fsp3) is 0.625. The number of rotatable bonds is 4. The first-order valence-electron chi connectivity index (χ1n) is 4.13. The van der Waals surface area contributed by atoms with Crippen molar-refractivity contribution in [2.24, 2.45) is 5.73 Å². The van der Waals surface area contributed by atoms with Crippen molar-refractivity contribution >= 4 is 22.1 Å². The van der Waals surface area contributed by atoms with Crippen molar-refractivity contribution in [3.63, 3.8) is 0 Å². The van der Waals surface area contributed by atoms with Crippen molar-refractivity contribution in [2.45, 2.75) is 25.3 Å². The van der Waals surface area contributed by atoms with Crippen LogP contribution in [0.15, 0.2) is 10.2 Å². The zero-order chi connectivity index (χ0) is 8.97. The Balaban J connectivity index is 2.46. The van der Waals surface area contributed by atoms with Gasteiger partial charge in [-0.05, 0) is 35.2 Å². The average molecular weight is 232 g/mol. The smallest absolute Gasteiger partial charge is 0.0842 e. The van der Waals surface area contributed by atoms with Crippen LogP contribution >= 0.6 is 15.9 Å². The summed E-state index contributed by atoms with van der Waals surface area (Å²) < 4.78 is 0.879. The van der Waals surface area contributed by atoms with Crippen molar-refractivity contribution in [3.8, 4) is 0 Å². The van der Waals surface area contributed by atoms with Gasteiger partial charge in [0, 0.05) is 24.4 Å². The van der Waals surface area contributed by atoms with Gasteiger partial charge in [0.15, 0.2) is 0 Å². The molecule has 0 bridgehead atoms. The van der Waals surface area contributed by atoms with Gasteiger partial charge in [-0.15, -0.1) is 0 Å². The molecule has 1 saturated carbocycles. The number of nitrogens with two attached hydrogens (primary N) is 1. The Morgan fingerprint density at radius 3 is 2.67 bits per heavy atom. The molecular weight excluding hydrogens is 218 g/mol. The molecule has 4 heteroatoms. The first kappa shape index (κ1) is 9.74. The molecule has 0 saturated heterocycles. The largest absolute Gasteiger partial charge is 0.376 e. The molecule has 0 unspecified atom stereocenters. The minimum Gasteiger partial charge on any atom is -0.376 e. The van der Waals surface area contributed by atoms with Crippen LogP contribution in [0.3, 0.4) is 0 Å². The predicted molar refractivity (Wildman–Crippen MR) is 54.6 cm³/mol. The first-order valence-corrected chi connectivity index (χ1v) is 4.93. The lowest BCUT2D eigenvalue weighted by Crippen LogP contribution is -2.34. The molecule has 0 radical (unpaired) electrons. The first-order chi connectivity index (χ1) is 5.77. The summed E-state index contributed by atoms with van der Waals surface area (Å²) >= 11 is 3.38. The van der Waals surface area contributed by atoms with E-state index in [1.807, 2.05) is 0 Å². The van der Waals surface area contributed by atoms with Gasteiger partial charge < -0.3 is 16.5 Å². The summed E-state index contributed by atoms with van der Waals surface area (Å²) in [6.07, 6.45) is 5.05. The summed E-state index contributed by atoms with van der Waals surface area (Å²) in [6.45, 7) is 0.407. The van der Waals surface area contributed by atoms with E-state index in [0.717, 1.165) is 10.2 Å². The molecule has 0 spiro atoms. The van der Waals surface area contributed by atoms with Crippen molar-refractivity contribution in [1.29, 1.82) is 5.41 Å². The van der Waals surface area contributed by atoms with E-state index in [4.69, 9.17) is 11.1 Å². The second-order valence-corrected chi connectivity index (χ2v) is 3.75. The molecule has 12 heavy (non-hydrogen) atoms. The average Bonchev–Trinajstić information content (AvgIpc) is 1.99. The highest BCUT2D eigenvalue weighted by atomic mass is 79.9. The zero-order valence-electron chi connectivity index (χ0n) is 6.94. The molecule has 1 aliphatic rings. The molecule has 1 rings (SSSR count). The van der Waals surface area contributed by atoms with Crippen molar-refractivity contribution in [3.05, 3.63) is 10.2 Å². The van der Waals surface area contributed by atoms with Crippen LogP contribution in [-0.4, -0.2) is 18.8 Å². The number of halogens is 1. The van der Waals surface area contributed by atoms with Crippen molar-refractivity contribution in [2.75, 3.05) is 6.54 Å². The topological polar surface area (TPSA) is 61.9 Å². The Bertz CT molecular complexity index is 196. The highest BCUT2D eigenvalue weighted by Gasteiger charge is 2.17. The van der Waals surface area contributed by atoms with Gasteiger partial charge in [-0.1, -0.05) is 0 Å². The van der Waals surface area contributed by atoms with E-state index in [-0.39, 0.29) is 0 Å². The van der Waals surface area contributed by atoms with Crippen LogP contribution in [-0.2, 0) is 0 Å². The Morgan fingerprint density at radius 1 is 1.67 bits per heavy atom. The standard InChI is InChI=1S/C8H14BrN3/c9-8(6(4-10)5-11)12-7-2-1-3-7/h4,7,10,12H,1-3,5,11H2/b8-6+,10-4?. The summed E-state index contributed by atoms with van der Waals surface area (Å²) in [6, 6.07) is 0.584. The minimum absolute atomic E-state index is 0.407. The highest BCUT2D eigenvalue weighted by molar-refractivity contribution is 9.11. The lowest BCUT2D eigenvalue weighted by Gasteiger charge is -2.27. The van der Waals surface area contributed by atoms with Gasteiger partial charge in [0.2, 0.25) is 0 Å². The molecule has 0 atom stereocenters. The summed E-state index contributed by atoms with van der Waals surface area (Å²) in [7, 11) is 0. The molecule has 3 nitrogen and oxygen atoms in total. The minimum atomic E-state index is 0.407. The number of hydrogen-bond donors (Lipinski definition) is 3.